The first-order valence-corrected chi connectivity index (χ1v) is 8.54. The van der Waals surface area contributed by atoms with Crippen LogP contribution in [0.3, 0.4) is 0 Å². The van der Waals surface area contributed by atoms with Crippen LogP contribution in [0.25, 0.3) is 0 Å². The van der Waals surface area contributed by atoms with E-state index in [4.69, 9.17) is 4.74 Å². The van der Waals surface area contributed by atoms with Crippen LogP contribution in [0.2, 0.25) is 0 Å². The zero-order chi connectivity index (χ0) is 16.7. The number of nitrogens with one attached hydrogen (secondary N) is 1. The molecule has 0 radical (unpaired) electrons. The summed E-state index contributed by atoms with van der Waals surface area (Å²) in [7, 11) is 0. The van der Waals surface area contributed by atoms with Crippen molar-refractivity contribution in [2.45, 2.75) is 58.1 Å². The predicted octanol–water partition coefficient (Wildman–Crippen LogP) is 3.00. The molecule has 0 atom stereocenters. The van der Waals surface area contributed by atoms with Crippen LogP contribution in [0.1, 0.15) is 45.7 Å². The van der Waals surface area contributed by atoms with Crippen molar-refractivity contribution in [1.82, 2.24) is 15.2 Å². The summed E-state index contributed by atoms with van der Waals surface area (Å²) in [6, 6.07) is 6.30. The van der Waals surface area contributed by atoms with Crippen molar-refractivity contribution in [2.75, 3.05) is 19.6 Å². The number of aryl methyl sites for hydroxylation is 1. The number of hydrogen-bond acceptors (Lipinski definition) is 4. The van der Waals surface area contributed by atoms with Crippen LogP contribution < -0.4 is 5.32 Å². The first kappa shape index (κ1) is 17.7. The number of hydrogen-bond donors (Lipinski definition) is 1. The maximum Gasteiger partial charge on any atom is 0.407 e. The lowest BCUT2D eigenvalue weighted by Gasteiger charge is -2.32. The van der Waals surface area contributed by atoms with Crippen LogP contribution in [-0.4, -0.2) is 47.3 Å². The molecule has 5 nitrogen and oxygen atoms in total. The van der Waals surface area contributed by atoms with Gasteiger partial charge in [0.15, 0.2) is 0 Å². The van der Waals surface area contributed by atoms with Gasteiger partial charge in [-0.1, -0.05) is 6.07 Å². The number of pyridine rings is 1. The Balaban J connectivity index is 1.61. The van der Waals surface area contributed by atoms with E-state index in [0.717, 1.165) is 51.0 Å². The van der Waals surface area contributed by atoms with E-state index in [1.54, 1.807) is 0 Å². The van der Waals surface area contributed by atoms with Gasteiger partial charge in [-0.2, -0.15) is 0 Å². The lowest BCUT2D eigenvalue weighted by Crippen LogP contribution is -2.46. The van der Waals surface area contributed by atoms with Gasteiger partial charge in [0.25, 0.3) is 0 Å². The van der Waals surface area contributed by atoms with Crippen LogP contribution in [0, 0.1) is 0 Å². The van der Waals surface area contributed by atoms with Crippen molar-refractivity contribution < 1.29 is 9.53 Å². The zero-order valence-corrected chi connectivity index (χ0v) is 14.5. The van der Waals surface area contributed by atoms with E-state index in [0.29, 0.717) is 0 Å². The van der Waals surface area contributed by atoms with E-state index in [2.05, 4.69) is 21.3 Å². The van der Waals surface area contributed by atoms with Gasteiger partial charge in [-0.25, -0.2) is 4.79 Å². The smallest absolute Gasteiger partial charge is 0.407 e. The molecule has 23 heavy (non-hydrogen) atoms. The summed E-state index contributed by atoms with van der Waals surface area (Å²) in [6.45, 7) is 8.81. The number of nitrogens with zero attached hydrogens (tertiary/aromatic N) is 2. The van der Waals surface area contributed by atoms with Crippen molar-refractivity contribution in [2.24, 2.45) is 0 Å². The van der Waals surface area contributed by atoms with Crippen LogP contribution in [-0.2, 0) is 11.2 Å². The van der Waals surface area contributed by atoms with E-state index in [1.165, 1.54) is 0 Å². The fraction of sp³-hybridized carbons (Fsp3) is 0.667. The molecular formula is C18H29N3O2. The SMILES string of the molecule is CC(C)(C)OC(=O)NC1CCN(CCCc2ccccn2)CC1. The largest absolute Gasteiger partial charge is 0.444 e. The van der Waals surface area contributed by atoms with Gasteiger partial charge in [0, 0.05) is 31.0 Å². The standard InChI is InChI=1S/C18H29N3O2/c1-18(2,3)23-17(22)20-16-9-13-21(14-10-16)12-6-8-15-7-4-5-11-19-15/h4-5,7,11,16H,6,8-10,12-14H2,1-3H3,(H,20,22). The lowest BCUT2D eigenvalue weighted by molar-refractivity contribution is 0.0479. The first-order valence-electron chi connectivity index (χ1n) is 8.54. The highest BCUT2D eigenvalue weighted by molar-refractivity contribution is 5.68. The number of carbonyl (C=O) groups is 1. The summed E-state index contributed by atoms with van der Waals surface area (Å²) in [5.74, 6) is 0. The molecule has 1 aliphatic heterocycles. The van der Waals surface area contributed by atoms with Crippen molar-refractivity contribution >= 4 is 6.09 Å². The molecule has 0 saturated carbocycles. The number of alkyl carbamates (subject to hydrolysis) is 1. The highest BCUT2D eigenvalue weighted by atomic mass is 16.6. The van der Waals surface area contributed by atoms with Gasteiger partial charge < -0.3 is 15.0 Å². The monoisotopic (exact) mass is 319 g/mol. The molecular weight excluding hydrogens is 290 g/mol. The predicted molar refractivity (Wildman–Crippen MR) is 91.4 cm³/mol. The fourth-order valence-corrected chi connectivity index (χ4v) is 2.80. The molecule has 1 aliphatic rings. The summed E-state index contributed by atoms with van der Waals surface area (Å²) in [5, 5.41) is 2.98. The highest BCUT2D eigenvalue weighted by Gasteiger charge is 2.23. The van der Waals surface area contributed by atoms with Gasteiger partial charge in [-0.15, -0.1) is 0 Å². The van der Waals surface area contributed by atoms with E-state index < -0.39 is 5.60 Å². The molecule has 1 N–H and O–H groups in total. The van der Waals surface area contributed by atoms with E-state index in [9.17, 15) is 4.79 Å². The molecule has 5 heteroatoms. The van der Waals surface area contributed by atoms with Crippen molar-refractivity contribution in [1.29, 1.82) is 0 Å². The van der Waals surface area contributed by atoms with Gasteiger partial charge in [0.1, 0.15) is 5.60 Å². The normalized spacial score (nSPS) is 17.0. The topological polar surface area (TPSA) is 54.5 Å². The third kappa shape index (κ3) is 6.99. The summed E-state index contributed by atoms with van der Waals surface area (Å²) in [5.41, 5.74) is 0.727. The summed E-state index contributed by atoms with van der Waals surface area (Å²) in [6.07, 6.45) is 5.68. The van der Waals surface area contributed by atoms with E-state index >= 15 is 0 Å². The molecule has 0 aliphatic carbocycles. The fourth-order valence-electron chi connectivity index (χ4n) is 2.80. The number of amides is 1. The summed E-state index contributed by atoms with van der Waals surface area (Å²) in [4.78, 5) is 18.6. The highest BCUT2D eigenvalue weighted by Crippen LogP contribution is 2.13. The molecule has 128 valence electrons. The van der Waals surface area contributed by atoms with Crippen molar-refractivity contribution in [3.8, 4) is 0 Å². The van der Waals surface area contributed by atoms with Gasteiger partial charge in [-0.3, -0.25) is 4.98 Å². The number of aromatic nitrogens is 1. The van der Waals surface area contributed by atoms with Gasteiger partial charge in [0.05, 0.1) is 0 Å². The lowest BCUT2D eigenvalue weighted by atomic mass is 10.0. The molecule has 1 amide bonds. The minimum atomic E-state index is -0.434. The number of carbonyl (C=O) groups excluding carboxylic acids is 1. The van der Waals surface area contributed by atoms with Crippen LogP contribution in [0.15, 0.2) is 24.4 Å². The molecule has 1 fully saturated rings. The minimum absolute atomic E-state index is 0.233. The molecule has 1 saturated heterocycles. The molecule has 0 spiro atoms. The van der Waals surface area contributed by atoms with Crippen molar-refractivity contribution in [3.05, 3.63) is 30.1 Å². The van der Waals surface area contributed by atoms with Crippen LogP contribution in [0.4, 0.5) is 4.79 Å². The molecule has 0 bridgehead atoms. The second-order valence-electron chi connectivity index (χ2n) is 7.19. The second kappa shape index (κ2) is 8.29. The van der Waals surface area contributed by atoms with E-state index in [-0.39, 0.29) is 12.1 Å². The molecule has 2 rings (SSSR count). The van der Waals surface area contributed by atoms with Gasteiger partial charge >= 0.3 is 6.09 Å². The Hall–Kier alpha value is -1.62. The van der Waals surface area contributed by atoms with Crippen LogP contribution in [0.5, 0.6) is 0 Å². The zero-order valence-electron chi connectivity index (χ0n) is 14.5. The Labute approximate surface area is 139 Å². The quantitative estimate of drug-likeness (QED) is 0.906. The molecule has 2 heterocycles. The summed E-state index contributed by atoms with van der Waals surface area (Å²) >= 11 is 0. The molecule has 1 aromatic heterocycles. The molecule has 1 aromatic rings. The Kier molecular flexibility index (Phi) is 6.39. The first-order chi connectivity index (χ1) is 10.9. The maximum atomic E-state index is 11.8. The van der Waals surface area contributed by atoms with Crippen molar-refractivity contribution in [3.63, 3.8) is 0 Å². The van der Waals surface area contributed by atoms with E-state index in [1.807, 2.05) is 39.1 Å². The number of piperidine rings is 1. The van der Waals surface area contributed by atoms with Crippen LogP contribution >= 0.6 is 0 Å². The molecule has 0 aromatic carbocycles. The maximum absolute atomic E-state index is 11.8. The van der Waals surface area contributed by atoms with Gasteiger partial charge in [-0.05, 0) is 65.1 Å². The Morgan fingerprint density at radius 3 is 2.70 bits per heavy atom. The third-order valence-electron chi connectivity index (χ3n) is 3.94. The van der Waals surface area contributed by atoms with Gasteiger partial charge in [0.2, 0.25) is 0 Å². The Bertz CT molecular complexity index is 477. The molecule has 0 unspecified atom stereocenters. The Morgan fingerprint density at radius 1 is 1.35 bits per heavy atom. The minimum Gasteiger partial charge on any atom is -0.444 e. The third-order valence-corrected chi connectivity index (χ3v) is 3.94. The number of ether oxygens (including phenoxy) is 1. The second-order valence-corrected chi connectivity index (χ2v) is 7.19. The average Bonchev–Trinajstić information content (AvgIpc) is 2.48. The number of rotatable bonds is 5. The summed E-state index contributed by atoms with van der Waals surface area (Å²) < 4.78 is 5.31. The Morgan fingerprint density at radius 2 is 2.09 bits per heavy atom. The average molecular weight is 319 g/mol. The number of likely N-dealkylation sites (tertiary alicyclic amines) is 1.